The van der Waals surface area contributed by atoms with Crippen LogP contribution in [-0.4, -0.2) is 72.1 Å². The maximum Gasteiger partial charge on any atom is 0.263 e. The fourth-order valence-electron chi connectivity index (χ4n) is 5.52. The number of halogens is 2. The van der Waals surface area contributed by atoms with Crippen LogP contribution in [0.4, 0.5) is 8.78 Å². The summed E-state index contributed by atoms with van der Waals surface area (Å²) in [6.07, 6.45) is 3.07. The molecule has 3 aliphatic heterocycles. The second-order valence-corrected chi connectivity index (χ2v) is 9.89. The monoisotopic (exact) mass is 440 g/mol. The summed E-state index contributed by atoms with van der Waals surface area (Å²) in [6, 6.07) is 8.29. The molecule has 1 aromatic carbocycles. The molecule has 1 aromatic heterocycles. The van der Waals surface area contributed by atoms with E-state index in [-0.39, 0.29) is 24.8 Å². The lowest BCUT2D eigenvalue weighted by Crippen LogP contribution is -2.49. The quantitative estimate of drug-likeness (QED) is 0.723. The van der Waals surface area contributed by atoms with Crippen molar-refractivity contribution in [3.8, 4) is 0 Å². The Morgan fingerprint density at radius 3 is 2.81 bits per heavy atom. The van der Waals surface area contributed by atoms with Gasteiger partial charge in [-0.2, -0.15) is 0 Å². The first-order chi connectivity index (χ1) is 15.3. The molecule has 2 fully saturated rings. The molecule has 170 valence electrons. The van der Waals surface area contributed by atoms with Gasteiger partial charge < -0.3 is 9.80 Å². The number of carbonyl (C=O) groups is 1. The van der Waals surface area contributed by atoms with Crippen molar-refractivity contribution in [3.05, 3.63) is 41.6 Å². The standard InChI is InChI=1S/C25H30F2N4O/c1-16-10-17(19-5-6-21(22-12-29-22)24-20(19)4-3-8-28-24)14-31(13-16)23(32)11-18-7-9-30(2)15-25(18,26)27/h3-6,8,16-18H,7,9-15H2,1-2H3/t16-,17+,18+/m1/s1. The molecule has 0 spiro atoms. The number of pyridine rings is 1. The van der Waals surface area contributed by atoms with Crippen molar-refractivity contribution in [1.29, 1.82) is 0 Å². The van der Waals surface area contributed by atoms with Crippen LogP contribution in [0.1, 0.15) is 43.2 Å². The maximum absolute atomic E-state index is 14.5. The number of nitrogens with zero attached hydrogens (tertiary/aromatic N) is 4. The first-order valence-corrected chi connectivity index (χ1v) is 11.6. The van der Waals surface area contributed by atoms with Crippen LogP contribution in [0.3, 0.4) is 0 Å². The van der Waals surface area contributed by atoms with Crippen molar-refractivity contribution >= 4 is 22.5 Å². The molecule has 3 atom stereocenters. The minimum absolute atomic E-state index is 0.0681. The molecule has 32 heavy (non-hydrogen) atoms. The average Bonchev–Trinajstić information content (AvgIpc) is 3.59. The summed E-state index contributed by atoms with van der Waals surface area (Å²) in [5.41, 5.74) is 4.33. The number of fused-ring (bicyclic) bond motifs is 1. The summed E-state index contributed by atoms with van der Waals surface area (Å²) in [5, 5.41) is 1.10. The third-order valence-corrected chi connectivity index (χ3v) is 7.24. The highest BCUT2D eigenvalue weighted by molar-refractivity contribution is 6.17. The van der Waals surface area contributed by atoms with Crippen LogP contribution in [0.5, 0.6) is 0 Å². The van der Waals surface area contributed by atoms with Gasteiger partial charge in [0.05, 0.1) is 24.3 Å². The van der Waals surface area contributed by atoms with Crippen molar-refractivity contribution < 1.29 is 13.6 Å². The van der Waals surface area contributed by atoms with E-state index in [1.165, 1.54) is 5.56 Å². The molecule has 0 N–H and O–H groups in total. The Balaban J connectivity index is 1.37. The zero-order chi connectivity index (χ0) is 22.5. The Hall–Kier alpha value is -2.41. The second-order valence-electron chi connectivity index (χ2n) is 9.89. The molecule has 1 amide bonds. The molecule has 0 saturated carbocycles. The topological polar surface area (TPSA) is 48.8 Å². The van der Waals surface area contributed by atoms with Gasteiger partial charge in [0.15, 0.2) is 0 Å². The number of likely N-dealkylation sites (tertiary alicyclic amines) is 2. The minimum Gasteiger partial charge on any atom is -0.342 e. The number of rotatable bonds is 4. The molecule has 5 nitrogen and oxygen atoms in total. The van der Waals surface area contributed by atoms with Crippen LogP contribution >= 0.6 is 0 Å². The number of hydrogen-bond donors (Lipinski definition) is 0. The zero-order valence-electron chi connectivity index (χ0n) is 18.7. The Morgan fingerprint density at radius 2 is 2.06 bits per heavy atom. The van der Waals surface area contributed by atoms with Gasteiger partial charge in [-0.05, 0) is 44.0 Å². The van der Waals surface area contributed by atoms with E-state index in [2.05, 4.69) is 35.1 Å². The van der Waals surface area contributed by atoms with Crippen molar-refractivity contribution in [2.45, 2.75) is 38.0 Å². The van der Waals surface area contributed by atoms with Gasteiger partial charge in [0.1, 0.15) is 0 Å². The molecular weight excluding hydrogens is 410 g/mol. The van der Waals surface area contributed by atoms with Crippen LogP contribution in [0.15, 0.2) is 35.5 Å². The van der Waals surface area contributed by atoms with Crippen LogP contribution in [0.25, 0.3) is 10.9 Å². The normalized spacial score (nSPS) is 27.9. The van der Waals surface area contributed by atoms with E-state index in [4.69, 9.17) is 0 Å². The summed E-state index contributed by atoms with van der Waals surface area (Å²) >= 11 is 0. The summed E-state index contributed by atoms with van der Waals surface area (Å²) in [7, 11) is 1.71. The molecule has 7 heteroatoms. The smallest absolute Gasteiger partial charge is 0.263 e. The number of carbonyl (C=O) groups excluding carboxylic acids is 1. The van der Waals surface area contributed by atoms with Crippen molar-refractivity contribution in [3.63, 3.8) is 0 Å². The minimum atomic E-state index is -2.81. The van der Waals surface area contributed by atoms with Crippen LogP contribution in [0.2, 0.25) is 0 Å². The van der Waals surface area contributed by atoms with Crippen LogP contribution in [0, 0.1) is 11.8 Å². The number of aliphatic imine (C=N–C) groups is 1. The lowest BCUT2D eigenvalue weighted by molar-refractivity contribution is -0.145. The van der Waals surface area contributed by atoms with Gasteiger partial charge in [-0.3, -0.25) is 14.8 Å². The highest BCUT2D eigenvalue weighted by Crippen LogP contribution is 2.38. The van der Waals surface area contributed by atoms with Crippen LogP contribution < -0.4 is 0 Å². The number of alkyl halides is 2. The number of piperidine rings is 2. The molecule has 4 heterocycles. The van der Waals surface area contributed by atoms with E-state index >= 15 is 0 Å². The Kier molecular flexibility index (Phi) is 5.48. The molecular formula is C25H30F2N4O. The van der Waals surface area contributed by atoms with Gasteiger partial charge in [-0.1, -0.05) is 25.1 Å². The van der Waals surface area contributed by atoms with Gasteiger partial charge >= 0.3 is 0 Å². The Labute approximate surface area is 187 Å². The second kappa shape index (κ2) is 8.18. The predicted molar refractivity (Wildman–Crippen MR) is 121 cm³/mol. The molecule has 2 saturated heterocycles. The van der Waals surface area contributed by atoms with Crippen LogP contribution in [-0.2, 0) is 4.79 Å². The lowest BCUT2D eigenvalue weighted by Gasteiger charge is -2.40. The van der Waals surface area contributed by atoms with E-state index < -0.39 is 11.8 Å². The van der Waals surface area contributed by atoms with Gasteiger partial charge in [0.2, 0.25) is 5.91 Å². The average molecular weight is 441 g/mol. The highest BCUT2D eigenvalue weighted by atomic mass is 19.3. The van der Waals surface area contributed by atoms with Gasteiger partial charge in [0, 0.05) is 48.5 Å². The number of benzene rings is 1. The van der Waals surface area contributed by atoms with Gasteiger partial charge in [-0.15, -0.1) is 0 Å². The summed E-state index contributed by atoms with van der Waals surface area (Å²) < 4.78 is 29.0. The molecule has 2 aromatic rings. The SMILES string of the molecule is C[C@@H]1C[C@H](c2ccc(C3=NC3)c3ncccc23)CN(C(=O)C[C@@H]2CCN(C)CC2(F)F)C1. The van der Waals surface area contributed by atoms with Gasteiger partial charge in [0.25, 0.3) is 5.92 Å². The third kappa shape index (κ3) is 4.15. The largest absolute Gasteiger partial charge is 0.342 e. The van der Waals surface area contributed by atoms with E-state index in [1.807, 2.05) is 11.0 Å². The van der Waals surface area contributed by atoms with Gasteiger partial charge in [-0.25, -0.2) is 8.78 Å². The van der Waals surface area contributed by atoms with E-state index in [0.717, 1.165) is 35.1 Å². The molecule has 5 rings (SSSR count). The first kappa shape index (κ1) is 21.4. The summed E-state index contributed by atoms with van der Waals surface area (Å²) in [5.74, 6) is -3.34. The fourth-order valence-corrected chi connectivity index (χ4v) is 5.52. The first-order valence-electron chi connectivity index (χ1n) is 11.6. The highest BCUT2D eigenvalue weighted by Gasteiger charge is 2.45. The lowest BCUT2D eigenvalue weighted by atomic mass is 9.82. The summed E-state index contributed by atoms with van der Waals surface area (Å²) in [6.45, 7) is 4.48. The fraction of sp³-hybridized carbons (Fsp3) is 0.560. The third-order valence-electron chi connectivity index (χ3n) is 7.24. The summed E-state index contributed by atoms with van der Waals surface area (Å²) in [4.78, 5) is 25.6. The molecule has 0 radical (unpaired) electrons. The molecule has 0 aliphatic carbocycles. The molecule has 3 aliphatic rings. The van der Waals surface area contributed by atoms with Crippen molar-refractivity contribution in [2.24, 2.45) is 16.8 Å². The molecule has 0 unspecified atom stereocenters. The van der Waals surface area contributed by atoms with E-state index in [1.54, 1.807) is 18.1 Å². The Bertz CT molecular complexity index is 1070. The van der Waals surface area contributed by atoms with E-state index in [9.17, 15) is 13.6 Å². The Morgan fingerprint density at radius 1 is 1.25 bits per heavy atom. The molecule has 0 bridgehead atoms. The maximum atomic E-state index is 14.5. The van der Waals surface area contributed by atoms with Crippen molar-refractivity contribution in [1.82, 2.24) is 14.8 Å². The van der Waals surface area contributed by atoms with Crippen molar-refractivity contribution in [2.75, 3.05) is 39.8 Å². The number of aromatic nitrogens is 1. The van der Waals surface area contributed by atoms with E-state index in [0.29, 0.717) is 32.0 Å². The predicted octanol–water partition coefficient (Wildman–Crippen LogP) is 3.97. The number of amides is 1. The zero-order valence-corrected chi connectivity index (χ0v) is 18.7. The number of hydrogen-bond acceptors (Lipinski definition) is 4.